The highest BCUT2D eigenvalue weighted by Gasteiger charge is 2.26. The van der Waals surface area contributed by atoms with E-state index >= 15 is 0 Å². The molecule has 0 amide bonds. The van der Waals surface area contributed by atoms with Crippen molar-refractivity contribution < 1.29 is 4.79 Å². The third-order valence-electron chi connectivity index (χ3n) is 3.35. The lowest BCUT2D eigenvalue weighted by atomic mass is 9.79. The van der Waals surface area contributed by atoms with Crippen molar-refractivity contribution in [3.8, 4) is 0 Å². The van der Waals surface area contributed by atoms with Crippen molar-refractivity contribution in [2.75, 3.05) is 0 Å². The van der Waals surface area contributed by atoms with Gasteiger partial charge in [0.1, 0.15) is 0 Å². The maximum absolute atomic E-state index is 12.3. The van der Waals surface area contributed by atoms with E-state index in [-0.39, 0.29) is 11.7 Å². The van der Waals surface area contributed by atoms with Crippen molar-refractivity contribution in [3.63, 3.8) is 0 Å². The van der Waals surface area contributed by atoms with Crippen LogP contribution in [0.25, 0.3) is 0 Å². The summed E-state index contributed by atoms with van der Waals surface area (Å²) in [5.74, 6) is 1.01. The third kappa shape index (κ3) is 2.43. The SMILES string of the molecule is CC1CCCC(C(=O)c2ccncc2Cl)C1. The van der Waals surface area contributed by atoms with E-state index in [9.17, 15) is 4.79 Å². The Balaban J connectivity index is 2.16. The summed E-state index contributed by atoms with van der Waals surface area (Å²) in [6.07, 6.45) is 7.57. The van der Waals surface area contributed by atoms with Crippen LogP contribution in [0.15, 0.2) is 18.5 Å². The Kier molecular flexibility index (Phi) is 3.59. The van der Waals surface area contributed by atoms with Gasteiger partial charge in [-0.3, -0.25) is 9.78 Å². The summed E-state index contributed by atoms with van der Waals surface area (Å²) in [6.45, 7) is 2.22. The fraction of sp³-hybridized carbons (Fsp3) is 0.538. The molecule has 0 spiro atoms. The molecular formula is C13H16ClNO. The Labute approximate surface area is 101 Å². The Morgan fingerprint density at radius 1 is 1.50 bits per heavy atom. The number of halogens is 1. The highest BCUT2D eigenvalue weighted by molar-refractivity contribution is 6.33. The molecule has 2 atom stereocenters. The molecule has 2 rings (SSSR count). The van der Waals surface area contributed by atoms with Gasteiger partial charge in [0.05, 0.1) is 5.02 Å². The van der Waals surface area contributed by atoms with E-state index in [0.717, 1.165) is 19.3 Å². The molecule has 0 aliphatic heterocycles. The van der Waals surface area contributed by atoms with Crippen molar-refractivity contribution >= 4 is 17.4 Å². The summed E-state index contributed by atoms with van der Waals surface area (Å²) in [5.41, 5.74) is 0.635. The molecule has 1 fully saturated rings. The highest BCUT2D eigenvalue weighted by atomic mass is 35.5. The molecule has 0 saturated heterocycles. The molecule has 3 heteroatoms. The molecule has 1 aliphatic rings. The van der Waals surface area contributed by atoms with E-state index in [0.29, 0.717) is 16.5 Å². The molecule has 0 aromatic carbocycles. The van der Waals surface area contributed by atoms with Gasteiger partial charge in [0.25, 0.3) is 0 Å². The van der Waals surface area contributed by atoms with Gasteiger partial charge in [0.15, 0.2) is 5.78 Å². The average Bonchev–Trinajstić information content (AvgIpc) is 2.29. The van der Waals surface area contributed by atoms with Gasteiger partial charge in [0.2, 0.25) is 0 Å². The second kappa shape index (κ2) is 4.96. The standard InChI is InChI=1S/C13H16ClNO/c1-9-3-2-4-10(7-9)13(16)11-5-6-15-8-12(11)14/h5-6,8-10H,2-4,7H2,1H3. The molecule has 1 aromatic heterocycles. The van der Waals surface area contributed by atoms with Gasteiger partial charge in [-0.15, -0.1) is 0 Å². The van der Waals surface area contributed by atoms with Crippen molar-refractivity contribution in [1.29, 1.82) is 0 Å². The quantitative estimate of drug-likeness (QED) is 0.734. The molecule has 2 nitrogen and oxygen atoms in total. The lowest BCUT2D eigenvalue weighted by molar-refractivity contribution is 0.0868. The van der Waals surface area contributed by atoms with E-state index < -0.39 is 0 Å². The van der Waals surface area contributed by atoms with Gasteiger partial charge in [-0.1, -0.05) is 31.4 Å². The van der Waals surface area contributed by atoms with Crippen molar-refractivity contribution in [1.82, 2.24) is 4.98 Å². The summed E-state index contributed by atoms with van der Waals surface area (Å²) >= 11 is 5.99. The molecular weight excluding hydrogens is 222 g/mol. The first-order valence-electron chi connectivity index (χ1n) is 5.82. The smallest absolute Gasteiger partial charge is 0.167 e. The van der Waals surface area contributed by atoms with E-state index in [1.54, 1.807) is 18.5 Å². The number of aromatic nitrogens is 1. The van der Waals surface area contributed by atoms with E-state index in [4.69, 9.17) is 11.6 Å². The highest BCUT2D eigenvalue weighted by Crippen LogP contribution is 2.32. The number of ketones is 1. The van der Waals surface area contributed by atoms with Gasteiger partial charge in [0, 0.05) is 23.9 Å². The summed E-state index contributed by atoms with van der Waals surface area (Å²) in [6, 6.07) is 1.73. The lowest BCUT2D eigenvalue weighted by Gasteiger charge is -2.25. The van der Waals surface area contributed by atoms with Crippen LogP contribution in [0.4, 0.5) is 0 Å². The Morgan fingerprint density at radius 3 is 3.00 bits per heavy atom. The minimum atomic E-state index is 0.156. The van der Waals surface area contributed by atoms with Crippen LogP contribution in [0, 0.1) is 11.8 Å². The minimum absolute atomic E-state index is 0.156. The van der Waals surface area contributed by atoms with Crippen LogP contribution in [0.3, 0.4) is 0 Å². The summed E-state index contributed by atoms with van der Waals surface area (Å²) in [7, 11) is 0. The number of carbonyl (C=O) groups excluding carboxylic acids is 1. The molecule has 0 N–H and O–H groups in total. The normalized spacial score (nSPS) is 25.4. The fourth-order valence-corrected chi connectivity index (χ4v) is 2.68. The monoisotopic (exact) mass is 237 g/mol. The topological polar surface area (TPSA) is 30.0 Å². The second-order valence-electron chi connectivity index (χ2n) is 4.69. The summed E-state index contributed by atoms with van der Waals surface area (Å²) < 4.78 is 0. The number of carbonyl (C=O) groups is 1. The van der Waals surface area contributed by atoms with Crippen molar-refractivity contribution in [3.05, 3.63) is 29.0 Å². The van der Waals surface area contributed by atoms with Crippen molar-refractivity contribution in [2.24, 2.45) is 11.8 Å². The van der Waals surface area contributed by atoms with E-state index in [1.807, 2.05) is 0 Å². The van der Waals surface area contributed by atoms with Crippen LogP contribution >= 0.6 is 11.6 Å². The zero-order chi connectivity index (χ0) is 11.5. The maximum Gasteiger partial charge on any atom is 0.167 e. The van der Waals surface area contributed by atoms with Crippen LogP contribution in [0.1, 0.15) is 43.0 Å². The van der Waals surface area contributed by atoms with Crippen LogP contribution in [-0.2, 0) is 0 Å². The first-order valence-corrected chi connectivity index (χ1v) is 6.20. The number of pyridine rings is 1. The van der Waals surface area contributed by atoms with Gasteiger partial charge >= 0.3 is 0 Å². The number of hydrogen-bond acceptors (Lipinski definition) is 2. The van der Waals surface area contributed by atoms with Crippen LogP contribution in [-0.4, -0.2) is 10.8 Å². The molecule has 86 valence electrons. The Hall–Kier alpha value is -0.890. The number of hydrogen-bond donors (Lipinski definition) is 0. The number of rotatable bonds is 2. The number of nitrogens with zero attached hydrogens (tertiary/aromatic N) is 1. The molecule has 0 radical (unpaired) electrons. The van der Waals surface area contributed by atoms with Gasteiger partial charge in [-0.2, -0.15) is 0 Å². The van der Waals surface area contributed by atoms with Crippen LogP contribution < -0.4 is 0 Å². The molecule has 1 aliphatic carbocycles. The Morgan fingerprint density at radius 2 is 2.31 bits per heavy atom. The van der Waals surface area contributed by atoms with Crippen LogP contribution in [0.2, 0.25) is 5.02 Å². The van der Waals surface area contributed by atoms with Crippen molar-refractivity contribution in [2.45, 2.75) is 32.6 Å². The van der Waals surface area contributed by atoms with Gasteiger partial charge in [-0.25, -0.2) is 0 Å². The summed E-state index contributed by atoms with van der Waals surface area (Å²) in [5, 5.41) is 0.478. The summed E-state index contributed by atoms with van der Waals surface area (Å²) in [4.78, 5) is 16.2. The predicted molar refractivity (Wildman–Crippen MR) is 64.7 cm³/mol. The molecule has 1 aromatic rings. The molecule has 2 unspecified atom stereocenters. The Bertz CT molecular complexity index is 391. The first-order chi connectivity index (χ1) is 7.68. The lowest BCUT2D eigenvalue weighted by Crippen LogP contribution is -2.22. The molecule has 1 saturated carbocycles. The largest absolute Gasteiger partial charge is 0.294 e. The third-order valence-corrected chi connectivity index (χ3v) is 3.65. The second-order valence-corrected chi connectivity index (χ2v) is 5.10. The minimum Gasteiger partial charge on any atom is -0.294 e. The zero-order valence-electron chi connectivity index (χ0n) is 9.45. The molecule has 1 heterocycles. The fourth-order valence-electron chi connectivity index (χ4n) is 2.47. The number of Topliss-reactive ketones (excluding diaryl/α,β-unsaturated/α-hetero) is 1. The zero-order valence-corrected chi connectivity index (χ0v) is 10.2. The van der Waals surface area contributed by atoms with Gasteiger partial charge in [-0.05, 0) is 24.8 Å². The average molecular weight is 238 g/mol. The van der Waals surface area contributed by atoms with E-state index in [2.05, 4.69) is 11.9 Å². The first kappa shape index (κ1) is 11.6. The molecule has 16 heavy (non-hydrogen) atoms. The predicted octanol–water partition coefficient (Wildman–Crippen LogP) is 3.74. The maximum atomic E-state index is 12.3. The molecule has 0 bridgehead atoms. The van der Waals surface area contributed by atoms with Gasteiger partial charge < -0.3 is 0 Å². The van der Waals surface area contributed by atoms with Crippen LogP contribution in [0.5, 0.6) is 0 Å². The van der Waals surface area contributed by atoms with E-state index in [1.165, 1.54) is 6.42 Å².